The van der Waals surface area contributed by atoms with Gasteiger partial charge in [0.2, 0.25) is 0 Å². The van der Waals surface area contributed by atoms with Gasteiger partial charge in [-0.15, -0.1) is 0 Å². The highest BCUT2D eigenvalue weighted by Crippen LogP contribution is 2.30. The van der Waals surface area contributed by atoms with Gasteiger partial charge in [-0.1, -0.05) is 18.2 Å². The van der Waals surface area contributed by atoms with Gasteiger partial charge in [0, 0.05) is 50.1 Å². The molecule has 6 nitrogen and oxygen atoms in total. The summed E-state index contributed by atoms with van der Waals surface area (Å²) in [5.41, 5.74) is 3.33. The van der Waals surface area contributed by atoms with Gasteiger partial charge in [0.05, 0.1) is 6.33 Å². The van der Waals surface area contributed by atoms with Gasteiger partial charge in [-0.3, -0.25) is 4.98 Å². The van der Waals surface area contributed by atoms with E-state index in [1.54, 1.807) is 23.7 Å². The Morgan fingerprint density at radius 2 is 2.03 bits per heavy atom. The third kappa shape index (κ3) is 4.29. The summed E-state index contributed by atoms with van der Waals surface area (Å²) in [4.78, 5) is 8.71. The fraction of sp³-hybridized carbons (Fsp3) is 0.364. The summed E-state index contributed by atoms with van der Waals surface area (Å²) in [6.45, 7) is 2.76. The minimum Gasteiger partial charge on any atom is -0.339 e. The maximum absolute atomic E-state index is 14.1. The van der Waals surface area contributed by atoms with Crippen LogP contribution in [-0.2, 0) is 23.5 Å². The van der Waals surface area contributed by atoms with Crippen molar-refractivity contribution in [1.82, 2.24) is 18.8 Å². The van der Waals surface area contributed by atoms with Crippen LogP contribution in [0.5, 0.6) is 0 Å². The van der Waals surface area contributed by atoms with Crippen LogP contribution in [0.4, 0.5) is 4.39 Å². The number of benzene rings is 1. The second-order valence-electron chi connectivity index (χ2n) is 7.89. The van der Waals surface area contributed by atoms with Crippen LogP contribution >= 0.6 is 0 Å². The fourth-order valence-electron chi connectivity index (χ4n) is 4.00. The van der Waals surface area contributed by atoms with Crippen molar-refractivity contribution >= 4 is 10.0 Å². The van der Waals surface area contributed by atoms with Crippen molar-refractivity contribution in [2.24, 2.45) is 7.05 Å². The van der Waals surface area contributed by atoms with Gasteiger partial charge in [-0.2, -0.15) is 4.31 Å². The number of sulfonamides is 1. The first kappa shape index (κ1) is 20.7. The first-order valence-electron chi connectivity index (χ1n) is 10.0. The normalized spacial score (nSPS) is 17.9. The Labute approximate surface area is 176 Å². The van der Waals surface area contributed by atoms with E-state index in [0.717, 1.165) is 29.8 Å². The molecule has 1 aliphatic heterocycles. The molecule has 2 aromatic heterocycles. The van der Waals surface area contributed by atoms with Crippen molar-refractivity contribution in [2.75, 3.05) is 13.1 Å². The molecule has 158 valence electrons. The first-order chi connectivity index (χ1) is 14.3. The molecule has 3 aromatic rings. The summed E-state index contributed by atoms with van der Waals surface area (Å²) in [5, 5.41) is 0.0723. The van der Waals surface area contributed by atoms with Crippen molar-refractivity contribution in [3.63, 3.8) is 0 Å². The van der Waals surface area contributed by atoms with Gasteiger partial charge in [0.15, 0.2) is 5.03 Å². The highest BCUT2D eigenvalue weighted by molar-refractivity contribution is 7.89. The van der Waals surface area contributed by atoms with Crippen LogP contribution in [0, 0.1) is 12.7 Å². The molecule has 1 aromatic carbocycles. The van der Waals surface area contributed by atoms with E-state index < -0.39 is 10.0 Å². The lowest BCUT2D eigenvalue weighted by atomic mass is 9.93. The number of halogens is 1. The van der Waals surface area contributed by atoms with Gasteiger partial charge in [0.25, 0.3) is 10.0 Å². The van der Waals surface area contributed by atoms with Crippen molar-refractivity contribution in [3.8, 4) is 0 Å². The van der Waals surface area contributed by atoms with Crippen LogP contribution in [0.2, 0.25) is 0 Å². The zero-order valence-electron chi connectivity index (χ0n) is 17.1. The third-order valence-electron chi connectivity index (χ3n) is 5.47. The predicted molar refractivity (Wildman–Crippen MR) is 112 cm³/mol. The Morgan fingerprint density at radius 1 is 1.23 bits per heavy atom. The van der Waals surface area contributed by atoms with Crippen molar-refractivity contribution in [2.45, 2.75) is 37.1 Å². The lowest BCUT2D eigenvalue weighted by molar-refractivity contribution is 0.311. The molecular formula is C22H25FN4O2S. The van der Waals surface area contributed by atoms with E-state index in [1.165, 1.54) is 22.9 Å². The maximum atomic E-state index is 14.1. The highest BCUT2D eigenvalue weighted by Gasteiger charge is 2.33. The Bertz CT molecular complexity index is 1160. The second-order valence-corrected chi connectivity index (χ2v) is 9.77. The zero-order chi connectivity index (χ0) is 21.3. The monoisotopic (exact) mass is 428 g/mol. The standard InChI is InChI=1S/C22H25FN4O2S/c1-16-10-17(11-18-6-3-4-8-20(18)23)12-21(25-16)19-7-5-9-27(13-19)30(28,29)22-14-26(2)15-24-22/h3-4,6,8,10,12,14-15,19H,5,7,9,11,13H2,1-2H3/t19-/m0/s1. The molecule has 4 rings (SSSR count). The predicted octanol–water partition coefficient (Wildman–Crippen LogP) is 3.42. The van der Waals surface area contributed by atoms with Gasteiger partial charge in [-0.25, -0.2) is 17.8 Å². The molecule has 3 heterocycles. The number of rotatable bonds is 5. The summed E-state index contributed by atoms with van der Waals surface area (Å²) >= 11 is 0. The van der Waals surface area contributed by atoms with E-state index in [-0.39, 0.29) is 16.8 Å². The van der Waals surface area contributed by atoms with E-state index in [1.807, 2.05) is 25.1 Å². The molecule has 1 atom stereocenters. The Kier molecular flexibility index (Phi) is 5.71. The van der Waals surface area contributed by atoms with Crippen molar-refractivity contribution < 1.29 is 12.8 Å². The molecule has 0 spiro atoms. The minimum absolute atomic E-state index is 0.00323. The maximum Gasteiger partial charge on any atom is 0.262 e. The van der Waals surface area contributed by atoms with Crippen LogP contribution in [0.25, 0.3) is 0 Å². The van der Waals surface area contributed by atoms with Gasteiger partial charge < -0.3 is 4.57 Å². The molecule has 0 radical (unpaired) electrons. The molecule has 8 heteroatoms. The van der Waals surface area contributed by atoms with E-state index >= 15 is 0 Å². The highest BCUT2D eigenvalue weighted by atomic mass is 32.2. The Morgan fingerprint density at radius 3 is 2.77 bits per heavy atom. The molecule has 1 fully saturated rings. The second kappa shape index (κ2) is 8.28. The molecule has 1 aliphatic rings. The molecule has 0 N–H and O–H groups in total. The SMILES string of the molecule is Cc1cc(Cc2ccccc2F)cc([C@H]2CCCN(S(=O)(=O)c3cn(C)cn3)C2)n1. The molecule has 0 saturated carbocycles. The van der Waals surface area contributed by atoms with E-state index in [0.29, 0.717) is 25.1 Å². The lowest BCUT2D eigenvalue weighted by Gasteiger charge is -2.31. The number of hydrogen-bond donors (Lipinski definition) is 0. The number of piperidine rings is 1. The third-order valence-corrected chi connectivity index (χ3v) is 7.22. The molecule has 0 unspecified atom stereocenters. The van der Waals surface area contributed by atoms with E-state index in [2.05, 4.69) is 9.97 Å². The van der Waals surface area contributed by atoms with Gasteiger partial charge in [0.1, 0.15) is 5.82 Å². The Hall–Kier alpha value is -2.58. The first-order valence-corrected chi connectivity index (χ1v) is 11.5. The molecule has 1 saturated heterocycles. The average Bonchev–Trinajstić information content (AvgIpc) is 3.17. The van der Waals surface area contributed by atoms with Gasteiger partial charge >= 0.3 is 0 Å². The summed E-state index contributed by atoms with van der Waals surface area (Å²) in [7, 11) is -1.88. The molecule has 0 amide bonds. The summed E-state index contributed by atoms with van der Waals surface area (Å²) < 4.78 is 43.2. The van der Waals surface area contributed by atoms with Crippen LogP contribution in [-0.4, -0.2) is 40.3 Å². The summed E-state index contributed by atoms with van der Waals surface area (Å²) in [6, 6.07) is 10.7. The Balaban J connectivity index is 1.58. The molecular weight excluding hydrogens is 403 g/mol. The minimum atomic E-state index is -3.63. The average molecular weight is 429 g/mol. The van der Waals surface area contributed by atoms with Crippen molar-refractivity contribution in [1.29, 1.82) is 0 Å². The fourth-order valence-corrected chi connectivity index (χ4v) is 5.49. The molecule has 0 bridgehead atoms. The number of aromatic nitrogens is 3. The molecule has 0 aliphatic carbocycles. The molecule has 30 heavy (non-hydrogen) atoms. The number of nitrogens with zero attached hydrogens (tertiary/aromatic N) is 4. The largest absolute Gasteiger partial charge is 0.339 e. The van der Waals surface area contributed by atoms with Crippen LogP contribution in [0.15, 0.2) is 53.9 Å². The quantitative estimate of drug-likeness (QED) is 0.625. The van der Waals surface area contributed by atoms with Crippen molar-refractivity contribution in [3.05, 3.63) is 77.3 Å². The summed E-state index contributed by atoms with van der Waals surface area (Å²) in [6.07, 6.45) is 5.12. The number of hydrogen-bond acceptors (Lipinski definition) is 4. The lowest BCUT2D eigenvalue weighted by Crippen LogP contribution is -2.39. The van der Waals surface area contributed by atoms with Gasteiger partial charge in [-0.05, 0) is 49.1 Å². The number of aryl methyl sites for hydroxylation is 2. The van der Waals surface area contributed by atoms with Crippen LogP contribution < -0.4 is 0 Å². The number of pyridine rings is 1. The van der Waals surface area contributed by atoms with E-state index in [4.69, 9.17) is 0 Å². The van der Waals surface area contributed by atoms with E-state index in [9.17, 15) is 12.8 Å². The smallest absolute Gasteiger partial charge is 0.262 e. The number of imidazole rings is 1. The van der Waals surface area contributed by atoms with Crippen LogP contribution in [0.1, 0.15) is 41.3 Å². The summed E-state index contributed by atoms with van der Waals surface area (Å²) in [5.74, 6) is -0.227. The topological polar surface area (TPSA) is 68.1 Å². The van der Waals surface area contributed by atoms with Crippen LogP contribution in [0.3, 0.4) is 0 Å². The zero-order valence-corrected chi connectivity index (χ0v) is 17.9.